The smallest absolute Gasteiger partial charge is 0.341 e. The van der Waals surface area contributed by atoms with Crippen LogP contribution in [0, 0.1) is 17.0 Å². The van der Waals surface area contributed by atoms with E-state index in [9.17, 15) is 19.7 Å². The normalized spacial score (nSPS) is 10.3. The Morgan fingerprint density at radius 3 is 2.67 bits per heavy atom. The fourth-order valence-corrected chi connectivity index (χ4v) is 3.74. The minimum Gasteiger partial charge on any atom is -0.462 e. The zero-order valence-corrected chi connectivity index (χ0v) is 16.1. The fourth-order valence-electron chi connectivity index (χ4n) is 2.59. The molecule has 1 aromatic carbocycles. The molecule has 144 valence electrons. The Bertz CT molecular complexity index is 863. The number of rotatable bonds is 8. The van der Waals surface area contributed by atoms with Gasteiger partial charge >= 0.3 is 5.97 Å². The van der Waals surface area contributed by atoms with Gasteiger partial charge in [0.1, 0.15) is 5.00 Å². The van der Waals surface area contributed by atoms with Crippen LogP contribution in [-0.4, -0.2) is 30.0 Å². The number of benzene rings is 1. The van der Waals surface area contributed by atoms with Gasteiger partial charge in [-0.3, -0.25) is 14.9 Å². The third-order valence-electron chi connectivity index (χ3n) is 3.81. The molecule has 0 fully saturated rings. The SMILES string of the molecule is CCOC(=O)c1c(NC(=O)CNc2cccc([N+](=O)[O-])c2)sc(C)c1CC. The van der Waals surface area contributed by atoms with Crippen molar-refractivity contribution < 1.29 is 19.2 Å². The number of amides is 1. The van der Waals surface area contributed by atoms with Crippen molar-refractivity contribution in [1.82, 2.24) is 0 Å². The van der Waals surface area contributed by atoms with Gasteiger partial charge in [0.25, 0.3) is 5.69 Å². The van der Waals surface area contributed by atoms with Gasteiger partial charge in [0.15, 0.2) is 0 Å². The highest BCUT2D eigenvalue weighted by Crippen LogP contribution is 2.34. The first-order valence-corrected chi connectivity index (χ1v) is 9.26. The Morgan fingerprint density at radius 2 is 2.04 bits per heavy atom. The summed E-state index contributed by atoms with van der Waals surface area (Å²) in [6.07, 6.45) is 0.651. The number of nitro groups is 1. The van der Waals surface area contributed by atoms with Gasteiger partial charge in [-0.1, -0.05) is 13.0 Å². The molecule has 1 amide bonds. The van der Waals surface area contributed by atoms with E-state index in [1.165, 1.54) is 29.5 Å². The lowest BCUT2D eigenvalue weighted by atomic mass is 10.1. The molecule has 0 saturated carbocycles. The van der Waals surface area contributed by atoms with Crippen LogP contribution in [0.2, 0.25) is 0 Å². The van der Waals surface area contributed by atoms with Crippen LogP contribution >= 0.6 is 11.3 Å². The number of nitro benzene ring substituents is 1. The number of nitrogens with one attached hydrogen (secondary N) is 2. The quantitative estimate of drug-likeness (QED) is 0.403. The topological polar surface area (TPSA) is 111 Å². The number of hydrogen-bond donors (Lipinski definition) is 2. The van der Waals surface area contributed by atoms with Gasteiger partial charge in [-0.15, -0.1) is 11.3 Å². The third-order valence-corrected chi connectivity index (χ3v) is 4.87. The number of carbonyl (C=O) groups is 2. The first-order chi connectivity index (χ1) is 12.9. The van der Waals surface area contributed by atoms with Crippen molar-refractivity contribution in [2.24, 2.45) is 0 Å². The molecule has 2 rings (SSSR count). The molecular weight excluding hydrogens is 370 g/mol. The van der Waals surface area contributed by atoms with Crippen LogP contribution in [0.15, 0.2) is 24.3 Å². The predicted octanol–water partition coefficient (Wildman–Crippen LogP) is 3.75. The summed E-state index contributed by atoms with van der Waals surface area (Å²) in [5.74, 6) is -0.823. The number of non-ortho nitro benzene ring substituents is 1. The number of ether oxygens (including phenoxy) is 1. The van der Waals surface area contributed by atoms with Crippen molar-refractivity contribution in [1.29, 1.82) is 0 Å². The Hall–Kier alpha value is -2.94. The number of anilines is 2. The monoisotopic (exact) mass is 391 g/mol. The molecule has 0 bridgehead atoms. The molecular formula is C18H21N3O5S. The lowest BCUT2D eigenvalue weighted by molar-refractivity contribution is -0.384. The molecule has 0 spiro atoms. The molecule has 0 atom stereocenters. The minimum atomic E-state index is -0.502. The van der Waals surface area contributed by atoms with Crippen molar-refractivity contribution in [3.05, 3.63) is 50.4 Å². The second-order valence-corrected chi connectivity index (χ2v) is 6.85. The summed E-state index contributed by atoms with van der Waals surface area (Å²) in [5, 5.41) is 16.8. The molecule has 2 N–H and O–H groups in total. The highest BCUT2D eigenvalue weighted by Gasteiger charge is 2.23. The highest BCUT2D eigenvalue weighted by molar-refractivity contribution is 7.16. The maximum atomic E-state index is 12.3. The molecule has 0 saturated heterocycles. The van der Waals surface area contributed by atoms with Gasteiger partial charge in [0.2, 0.25) is 5.91 Å². The summed E-state index contributed by atoms with van der Waals surface area (Å²) in [5.41, 5.74) is 1.65. The lowest BCUT2D eigenvalue weighted by Gasteiger charge is -2.09. The maximum Gasteiger partial charge on any atom is 0.341 e. The van der Waals surface area contributed by atoms with E-state index >= 15 is 0 Å². The number of hydrogen-bond acceptors (Lipinski definition) is 7. The van der Waals surface area contributed by atoms with Crippen LogP contribution in [-0.2, 0) is 16.0 Å². The van der Waals surface area contributed by atoms with Crippen molar-refractivity contribution in [2.75, 3.05) is 23.8 Å². The van der Waals surface area contributed by atoms with E-state index in [4.69, 9.17) is 4.74 Å². The largest absolute Gasteiger partial charge is 0.462 e. The number of nitrogens with zero attached hydrogens (tertiary/aromatic N) is 1. The van der Waals surface area contributed by atoms with Crippen LogP contribution in [0.5, 0.6) is 0 Å². The van der Waals surface area contributed by atoms with Crippen LogP contribution in [0.3, 0.4) is 0 Å². The molecule has 0 aliphatic carbocycles. The average molecular weight is 391 g/mol. The summed E-state index contributed by atoms with van der Waals surface area (Å²) < 4.78 is 5.11. The fraction of sp³-hybridized carbons (Fsp3) is 0.333. The Labute approximate surface area is 160 Å². The van der Waals surface area contributed by atoms with Gasteiger partial charge in [0, 0.05) is 22.7 Å². The third kappa shape index (κ3) is 5.04. The first kappa shape index (κ1) is 20.4. The second kappa shape index (κ2) is 9.13. The Morgan fingerprint density at radius 1 is 1.30 bits per heavy atom. The van der Waals surface area contributed by atoms with Gasteiger partial charge in [-0.25, -0.2) is 4.79 Å². The molecule has 1 aromatic heterocycles. The zero-order chi connectivity index (χ0) is 20.0. The average Bonchev–Trinajstić information content (AvgIpc) is 2.95. The van der Waals surface area contributed by atoms with Crippen molar-refractivity contribution in [3.8, 4) is 0 Å². The molecule has 0 radical (unpaired) electrons. The summed E-state index contributed by atoms with van der Waals surface area (Å²) in [6, 6.07) is 5.89. The van der Waals surface area contributed by atoms with E-state index < -0.39 is 10.9 Å². The lowest BCUT2D eigenvalue weighted by Crippen LogP contribution is -2.22. The summed E-state index contributed by atoms with van der Waals surface area (Å²) in [4.78, 5) is 35.8. The first-order valence-electron chi connectivity index (χ1n) is 8.44. The van der Waals surface area contributed by atoms with Gasteiger partial charge < -0.3 is 15.4 Å². The van der Waals surface area contributed by atoms with E-state index in [0.717, 1.165) is 10.4 Å². The van der Waals surface area contributed by atoms with Crippen LogP contribution in [0.4, 0.5) is 16.4 Å². The van der Waals surface area contributed by atoms with Gasteiger partial charge in [-0.2, -0.15) is 0 Å². The summed E-state index contributed by atoms with van der Waals surface area (Å²) in [6.45, 7) is 5.71. The van der Waals surface area contributed by atoms with Crippen LogP contribution in [0.25, 0.3) is 0 Å². The van der Waals surface area contributed by atoms with Crippen molar-refractivity contribution in [3.63, 3.8) is 0 Å². The minimum absolute atomic E-state index is 0.0634. The molecule has 27 heavy (non-hydrogen) atoms. The van der Waals surface area contributed by atoms with E-state index in [2.05, 4.69) is 10.6 Å². The summed E-state index contributed by atoms with van der Waals surface area (Å²) >= 11 is 1.33. The number of thiophene rings is 1. The van der Waals surface area contributed by atoms with Gasteiger partial charge in [-0.05, 0) is 31.9 Å². The Kier molecular flexibility index (Phi) is 6.89. The molecule has 8 nitrogen and oxygen atoms in total. The molecule has 1 heterocycles. The van der Waals surface area contributed by atoms with Crippen LogP contribution < -0.4 is 10.6 Å². The molecule has 2 aromatic rings. The van der Waals surface area contributed by atoms with E-state index in [0.29, 0.717) is 22.7 Å². The maximum absolute atomic E-state index is 12.3. The van der Waals surface area contributed by atoms with Crippen LogP contribution in [0.1, 0.15) is 34.6 Å². The second-order valence-electron chi connectivity index (χ2n) is 5.62. The molecule has 0 aliphatic rings. The zero-order valence-electron chi connectivity index (χ0n) is 15.3. The van der Waals surface area contributed by atoms with E-state index in [1.54, 1.807) is 13.0 Å². The van der Waals surface area contributed by atoms with Gasteiger partial charge in [0.05, 0.1) is 23.6 Å². The van der Waals surface area contributed by atoms with Crippen molar-refractivity contribution in [2.45, 2.75) is 27.2 Å². The highest BCUT2D eigenvalue weighted by atomic mass is 32.1. The number of aryl methyl sites for hydroxylation is 1. The number of esters is 1. The summed E-state index contributed by atoms with van der Waals surface area (Å²) in [7, 11) is 0. The van der Waals surface area contributed by atoms with E-state index in [1.807, 2.05) is 13.8 Å². The van der Waals surface area contributed by atoms with E-state index in [-0.39, 0.29) is 24.7 Å². The number of carbonyl (C=O) groups excluding carboxylic acids is 2. The van der Waals surface area contributed by atoms with Crippen molar-refractivity contribution >= 4 is 39.6 Å². The molecule has 9 heteroatoms. The Balaban J connectivity index is 2.10. The molecule has 0 unspecified atom stereocenters. The molecule has 0 aliphatic heterocycles. The predicted molar refractivity (Wildman–Crippen MR) is 105 cm³/mol. The standard InChI is InChI=1S/C18H21N3O5S/c1-4-14-11(3)27-17(16(14)18(23)26-5-2)20-15(22)10-19-12-7-6-8-13(9-12)21(24)25/h6-9,19H,4-5,10H2,1-3H3,(H,20,22).